The highest BCUT2D eigenvalue weighted by Crippen LogP contribution is 2.38. The number of aliphatic hydroxyl groups excluding tert-OH is 1. The predicted octanol–water partition coefficient (Wildman–Crippen LogP) is 4.95. The Morgan fingerprint density at radius 3 is 2.62 bits per heavy atom. The smallest absolute Gasteiger partial charge is 0.179 e. The summed E-state index contributed by atoms with van der Waals surface area (Å²) < 4.78 is 11.6. The average molecular weight is 418 g/mol. The largest absolute Gasteiger partial charge is 0.490 e. The molecule has 1 saturated heterocycles. The van der Waals surface area contributed by atoms with Crippen LogP contribution in [0.4, 0.5) is 0 Å². The highest BCUT2D eigenvalue weighted by atomic mass is 35.5. The van der Waals surface area contributed by atoms with Gasteiger partial charge >= 0.3 is 0 Å². The third-order valence-corrected chi connectivity index (χ3v) is 5.63. The molecule has 1 aliphatic rings. The second-order valence-corrected chi connectivity index (χ2v) is 8.13. The van der Waals surface area contributed by atoms with Crippen molar-refractivity contribution < 1.29 is 14.6 Å². The molecular formula is C24H32ClNO3. The van der Waals surface area contributed by atoms with E-state index < -0.39 is 0 Å². The Bertz CT molecular complexity index is 768. The molecule has 2 aromatic rings. The first-order valence-corrected chi connectivity index (χ1v) is 11.0. The zero-order valence-corrected chi connectivity index (χ0v) is 18.2. The predicted molar refractivity (Wildman–Crippen MR) is 118 cm³/mol. The molecule has 4 nitrogen and oxygen atoms in total. The molecule has 1 fully saturated rings. The number of nitrogens with zero attached hydrogens (tertiary/aromatic N) is 1. The first-order valence-electron chi connectivity index (χ1n) is 10.6. The summed E-state index contributed by atoms with van der Waals surface area (Å²) in [5, 5.41) is 11.2. The van der Waals surface area contributed by atoms with E-state index in [4.69, 9.17) is 21.1 Å². The van der Waals surface area contributed by atoms with Crippen molar-refractivity contribution in [2.24, 2.45) is 5.92 Å². The molecule has 0 aliphatic carbocycles. The van der Waals surface area contributed by atoms with Gasteiger partial charge in [0.05, 0.1) is 24.3 Å². The highest BCUT2D eigenvalue weighted by molar-refractivity contribution is 6.32. The number of benzene rings is 2. The molecule has 2 atom stereocenters. The van der Waals surface area contributed by atoms with Crippen molar-refractivity contribution in [2.75, 3.05) is 26.3 Å². The van der Waals surface area contributed by atoms with E-state index in [1.165, 1.54) is 5.56 Å². The van der Waals surface area contributed by atoms with Crippen molar-refractivity contribution in [3.8, 4) is 11.5 Å². The molecule has 2 unspecified atom stereocenters. The summed E-state index contributed by atoms with van der Waals surface area (Å²) in [5.41, 5.74) is 2.38. The molecular weight excluding hydrogens is 386 g/mol. The van der Waals surface area contributed by atoms with E-state index in [2.05, 4.69) is 36.1 Å². The molecule has 0 aromatic heterocycles. The molecule has 1 N–H and O–H groups in total. The lowest BCUT2D eigenvalue weighted by Gasteiger charge is -2.36. The summed E-state index contributed by atoms with van der Waals surface area (Å²) in [6, 6.07) is 14.5. The maximum atomic E-state index is 10.6. The molecule has 0 radical (unpaired) electrons. The second kappa shape index (κ2) is 10.9. The van der Waals surface area contributed by atoms with Crippen molar-refractivity contribution >= 4 is 11.6 Å². The van der Waals surface area contributed by atoms with E-state index in [0.717, 1.165) is 44.5 Å². The molecule has 0 saturated carbocycles. The fourth-order valence-corrected chi connectivity index (χ4v) is 4.22. The highest BCUT2D eigenvalue weighted by Gasteiger charge is 2.28. The number of hydrogen-bond donors (Lipinski definition) is 1. The van der Waals surface area contributed by atoms with Crippen molar-refractivity contribution in [1.82, 2.24) is 4.90 Å². The van der Waals surface area contributed by atoms with Crippen LogP contribution >= 0.6 is 11.6 Å². The van der Waals surface area contributed by atoms with Gasteiger partial charge in [0.15, 0.2) is 11.5 Å². The number of rotatable bonds is 9. The first-order chi connectivity index (χ1) is 14.1. The number of piperidine rings is 1. The summed E-state index contributed by atoms with van der Waals surface area (Å²) in [5.74, 6) is 1.48. The first kappa shape index (κ1) is 21.9. The number of hydrogen-bond acceptors (Lipinski definition) is 4. The molecule has 29 heavy (non-hydrogen) atoms. The van der Waals surface area contributed by atoms with Gasteiger partial charge in [0.2, 0.25) is 0 Å². The Labute approximate surface area is 179 Å². The van der Waals surface area contributed by atoms with E-state index in [1.54, 1.807) is 0 Å². The molecule has 2 aromatic carbocycles. The maximum absolute atomic E-state index is 10.6. The van der Waals surface area contributed by atoms with Crippen LogP contribution in [-0.4, -0.2) is 42.4 Å². The minimum absolute atomic E-state index is 0.167. The minimum Gasteiger partial charge on any atom is -0.490 e. The van der Waals surface area contributed by atoms with Crippen LogP contribution in [0.2, 0.25) is 5.02 Å². The third kappa shape index (κ3) is 6.11. The van der Waals surface area contributed by atoms with Gasteiger partial charge in [-0.25, -0.2) is 0 Å². The molecule has 158 valence electrons. The zero-order chi connectivity index (χ0) is 20.6. The summed E-state index contributed by atoms with van der Waals surface area (Å²) in [6.45, 7) is 7.88. The summed E-state index contributed by atoms with van der Waals surface area (Å²) >= 11 is 6.52. The summed E-state index contributed by atoms with van der Waals surface area (Å²) in [6.07, 6.45) is 2.17. The second-order valence-electron chi connectivity index (χ2n) is 7.73. The Kier molecular flexibility index (Phi) is 8.22. The third-order valence-electron chi connectivity index (χ3n) is 5.34. The van der Waals surface area contributed by atoms with E-state index in [1.807, 2.05) is 25.1 Å². The molecule has 1 aliphatic heterocycles. The number of likely N-dealkylation sites (tertiary alicyclic amines) is 1. The average Bonchev–Trinajstić information content (AvgIpc) is 2.71. The van der Waals surface area contributed by atoms with Crippen LogP contribution < -0.4 is 9.47 Å². The van der Waals surface area contributed by atoms with Gasteiger partial charge in [-0.2, -0.15) is 0 Å². The maximum Gasteiger partial charge on any atom is 0.179 e. The van der Waals surface area contributed by atoms with Crippen LogP contribution in [0.25, 0.3) is 0 Å². The Hall–Kier alpha value is -1.75. The lowest BCUT2D eigenvalue weighted by Crippen LogP contribution is -2.43. The molecule has 5 heteroatoms. The van der Waals surface area contributed by atoms with Crippen molar-refractivity contribution in [2.45, 2.75) is 45.8 Å². The number of halogens is 1. The topological polar surface area (TPSA) is 41.9 Å². The molecule has 0 amide bonds. The quantitative estimate of drug-likeness (QED) is 0.626. The van der Waals surface area contributed by atoms with Crippen LogP contribution in [0.1, 0.15) is 37.8 Å². The van der Waals surface area contributed by atoms with Crippen LogP contribution in [0, 0.1) is 5.92 Å². The standard InChI is InChI=1S/C24H32ClNO3/c1-3-12-29-24-21(25)14-19(15-23(24)28-4-2)13-20-17-26(11-10-22(20)27)16-18-8-6-5-7-9-18/h5-9,14-15,20,22,27H,3-4,10-13,16-17H2,1-2H3. The molecule has 0 spiro atoms. The van der Waals surface area contributed by atoms with Crippen LogP contribution in [-0.2, 0) is 13.0 Å². The lowest BCUT2D eigenvalue weighted by atomic mass is 9.88. The van der Waals surface area contributed by atoms with E-state index in [0.29, 0.717) is 29.7 Å². The summed E-state index contributed by atoms with van der Waals surface area (Å²) in [7, 11) is 0. The van der Waals surface area contributed by atoms with Gasteiger partial charge in [-0.05, 0) is 49.4 Å². The molecule has 3 rings (SSSR count). The normalized spacial score (nSPS) is 19.9. The van der Waals surface area contributed by atoms with Crippen LogP contribution in [0.5, 0.6) is 11.5 Å². The van der Waals surface area contributed by atoms with Crippen LogP contribution in [0.15, 0.2) is 42.5 Å². The monoisotopic (exact) mass is 417 g/mol. The fourth-order valence-electron chi connectivity index (χ4n) is 3.93. The van der Waals surface area contributed by atoms with E-state index in [9.17, 15) is 5.11 Å². The summed E-state index contributed by atoms with van der Waals surface area (Å²) in [4.78, 5) is 2.43. The lowest BCUT2D eigenvalue weighted by molar-refractivity contribution is 0.0239. The van der Waals surface area contributed by atoms with Gasteiger partial charge in [0.25, 0.3) is 0 Å². The Balaban J connectivity index is 1.71. The van der Waals surface area contributed by atoms with Crippen LogP contribution in [0.3, 0.4) is 0 Å². The minimum atomic E-state index is -0.299. The molecule has 1 heterocycles. The van der Waals surface area contributed by atoms with Crippen molar-refractivity contribution in [1.29, 1.82) is 0 Å². The van der Waals surface area contributed by atoms with Gasteiger partial charge in [0.1, 0.15) is 0 Å². The Morgan fingerprint density at radius 2 is 1.90 bits per heavy atom. The van der Waals surface area contributed by atoms with Crippen molar-refractivity contribution in [3.05, 3.63) is 58.6 Å². The number of ether oxygens (including phenoxy) is 2. The van der Waals surface area contributed by atoms with E-state index in [-0.39, 0.29) is 12.0 Å². The molecule has 0 bridgehead atoms. The SMILES string of the molecule is CCCOc1c(Cl)cc(CC2CN(Cc3ccccc3)CCC2O)cc1OCC. The van der Waals surface area contributed by atoms with Crippen molar-refractivity contribution in [3.63, 3.8) is 0 Å². The number of aliphatic hydroxyl groups is 1. The van der Waals surface area contributed by atoms with Gasteiger partial charge in [0, 0.05) is 25.6 Å². The van der Waals surface area contributed by atoms with Gasteiger partial charge in [-0.15, -0.1) is 0 Å². The fraction of sp³-hybridized carbons (Fsp3) is 0.500. The Morgan fingerprint density at radius 1 is 1.10 bits per heavy atom. The van der Waals surface area contributed by atoms with Gasteiger partial charge in [-0.3, -0.25) is 4.90 Å². The zero-order valence-electron chi connectivity index (χ0n) is 17.4. The van der Waals surface area contributed by atoms with Gasteiger partial charge in [-0.1, -0.05) is 48.9 Å². The van der Waals surface area contributed by atoms with Gasteiger partial charge < -0.3 is 14.6 Å². The van der Waals surface area contributed by atoms with E-state index >= 15 is 0 Å².